The Morgan fingerprint density at radius 3 is 2.38 bits per heavy atom. The number of hydrogen-bond donors (Lipinski definition) is 3. The van der Waals surface area contributed by atoms with Crippen molar-refractivity contribution in [1.29, 1.82) is 0 Å². The van der Waals surface area contributed by atoms with Gasteiger partial charge in [-0.15, -0.1) is 0 Å². The summed E-state index contributed by atoms with van der Waals surface area (Å²) in [5.41, 5.74) is -0.781. The number of morpholine rings is 1. The van der Waals surface area contributed by atoms with E-state index in [2.05, 4.69) is 26.0 Å². The molecule has 0 aromatic carbocycles. The number of nitrogens with one attached hydrogen (secondary N) is 3. The van der Waals surface area contributed by atoms with Crippen LogP contribution in [0.2, 0.25) is 0 Å². The van der Waals surface area contributed by atoms with Gasteiger partial charge in [-0.2, -0.15) is 0 Å². The molecular formula is C25H39N5O7. The highest BCUT2D eigenvalue weighted by molar-refractivity contribution is 5.98. The lowest BCUT2D eigenvalue weighted by Crippen LogP contribution is -2.53. The van der Waals surface area contributed by atoms with Crippen LogP contribution in [0.25, 0.3) is 0 Å². The number of amides is 3. The maximum Gasteiger partial charge on any atom is 0.274 e. The molecule has 3 amide bonds. The normalized spacial score (nSPS) is 21.4. The van der Waals surface area contributed by atoms with E-state index in [0.717, 1.165) is 13.1 Å². The smallest absolute Gasteiger partial charge is 0.274 e. The van der Waals surface area contributed by atoms with Crippen LogP contribution < -0.4 is 16.0 Å². The van der Waals surface area contributed by atoms with Crippen LogP contribution in [0.5, 0.6) is 0 Å². The first-order valence-corrected chi connectivity index (χ1v) is 12.8. The molecule has 2 unspecified atom stereocenters. The SMILES string of the molecule is CC(C)C[C@H](NC(=O)CNC(=O)C(NC(=O)c1cc(CN2CCOCC2)on1)C(C)C)C(=O)C1(C)CO1. The fourth-order valence-electron chi connectivity index (χ4n) is 4.07. The largest absolute Gasteiger partial charge is 0.379 e. The summed E-state index contributed by atoms with van der Waals surface area (Å²) < 4.78 is 15.9. The minimum Gasteiger partial charge on any atom is -0.379 e. The number of carbonyl (C=O) groups is 4. The Morgan fingerprint density at radius 2 is 1.78 bits per heavy atom. The number of Topliss-reactive ketones (excluding diaryl/α,β-unsaturated/α-hetero) is 1. The molecule has 12 nitrogen and oxygen atoms in total. The Labute approximate surface area is 217 Å². The second-order valence-electron chi connectivity index (χ2n) is 10.6. The van der Waals surface area contributed by atoms with Crippen LogP contribution in [0, 0.1) is 11.8 Å². The summed E-state index contributed by atoms with van der Waals surface area (Å²) in [6.45, 7) is 12.5. The molecule has 2 saturated heterocycles. The third-order valence-corrected chi connectivity index (χ3v) is 6.39. The monoisotopic (exact) mass is 521 g/mol. The van der Waals surface area contributed by atoms with Crippen LogP contribution in [0.3, 0.4) is 0 Å². The topological polar surface area (TPSA) is 155 Å². The Balaban J connectivity index is 1.51. The second kappa shape index (κ2) is 12.6. The number of aromatic nitrogens is 1. The maximum atomic E-state index is 12.8. The van der Waals surface area contributed by atoms with E-state index in [-0.39, 0.29) is 29.9 Å². The van der Waals surface area contributed by atoms with Crippen molar-refractivity contribution in [1.82, 2.24) is 26.0 Å². The number of nitrogens with zero attached hydrogens (tertiary/aromatic N) is 2. The van der Waals surface area contributed by atoms with Crippen LogP contribution in [0.15, 0.2) is 10.6 Å². The van der Waals surface area contributed by atoms with Crippen molar-refractivity contribution < 1.29 is 33.2 Å². The van der Waals surface area contributed by atoms with Crippen molar-refractivity contribution in [2.75, 3.05) is 39.5 Å². The molecule has 0 aliphatic carbocycles. The third-order valence-electron chi connectivity index (χ3n) is 6.39. The number of ketones is 1. The molecule has 3 heterocycles. The van der Waals surface area contributed by atoms with Crippen molar-refractivity contribution in [2.24, 2.45) is 11.8 Å². The lowest BCUT2D eigenvalue weighted by molar-refractivity contribution is -0.131. The number of ether oxygens (including phenoxy) is 2. The quantitative estimate of drug-likeness (QED) is 0.310. The van der Waals surface area contributed by atoms with Crippen LogP contribution >= 0.6 is 0 Å². The zero-order valence-corrected chi connectivity index (χ0v) is 22.3. The molecule has 3 atom stereocenters. The third kappa shape index (κ3) is 8.34. The van der Waals surface area contributed by atoms with E-state index in [9.17, 15) is 19.2 Å². The Hall–Kier alpha value is -2.83. The number of carbonyl (C=O) groups excluding carboxylic acids is 4. The summed E-state index contributed by atoms with van der Waals surface area (Å²) in [5.74, 6) is -1.25. The van der Waals surface area contributed by atoms with Crippen molar-refractivity contribution >= 4 is 23.5 Å². The van der Waals surface area contributed by atoms with E-state index in [1.165, 1.54) is 0 Å². The number of rotatable bonds is 13. The van der Waals surface area contributed by atoms with E-state index in [1.807, 2.05) is 13.8 Å². The van der Waals surface area contributed by atoms with E-state index in [4.69, 9.17) is 14.0 Å². The van der Waals surface area contributed by atoms with Gasteiger partial charge in [0.05, 0.1) is 39.0 Å². The number of epoxide rings is 1. The molecular weight excluding hydrogens is 482 g/mol. The van der Waals surface area contributed by atoms with Gasteiger partial charge in [0.15, 0.2) is 17.2 Å². The highest BCUT2D eigenvalue weighted by Crippen LogP contribution is 2.29. The van der Waals surface area contributed by atoms with E-state index in [1.54, 1.807) is 26.8 Å². The highest BCUT2D eigenvalue weighted by Gasteiger charge is 2.50. The fourth-order valence-corrected chi connectivity index (χ4v) is 4.07. The van der Waals surface area contributed by atoms with Gasteiger partial charge in [0, 0.05) is 19.2 Å². The molecule has 2 aliphatic heterocycles. The summed E-state index contributed by atoms with van der Waals surface area (Å²) >= 11 is 0. The molecule has 1 aromatic rings. The van der Waals surface area contributed by atoms with Gasteiger partial charge in [0.2, 0.25) is 11.8 Å². The highest BCUT2D eigenvalue weighted by atomic mass is 16.6. The first-order valence-electron chi connectivity index (χ1n) is 12.8. The van der Waals surface area contributed by atoms with Gasteiger partial charge in [-0.3, -0.25) is 24.1 Å². The average molecular weight is 522 g/mol. The van der Waals surface area contributed by atoms with Crippen LogP contribution in [-0.4, -0.2) is 90.7 Å². The molecule has 3 N–H and O–H groups in total. The van der Waals surface area contributed by atoms with Crippen molar-refractivity contribution in [3.05, 3.63) is 17.5 Å². The predicted molar refractivity (Wildman–Crippen MR) is 132 cm³/mol. The zero-order chi connectivity index (χ0) is 27.2. The van der Waals surface area contributed by atoms with Gasteiger partial charge < -0.3 is 29.9 Å². The summed E-state index contributed by atoms with van der Waals surface area (Å²) in [5, 5.41) is 11.8. The lowest BCUT2D eigenvalue weighted by Gasteiger charge is -2.25. The molecule has 0 radical (unpaired) electrons. The summed E-state index contributed by atoms with van der Waals surface area (Å²) in [6, 6.07) is -0.0355. The molecule has 1 aromatic heterocycles. The molecule has 206 valence electrons. The Kier molecular flexibility index (Phi) is 9.80. The Bertz CT molecular complexity index is 966. The first-order chi connectivity index (χ1) is 17.5. The molecule has 0 spiro atoms. The first kappa shape index (κ1) is 28.7. The predicted octanol–water partition coefficient (Wildman–Crippen LogP) is 0.266. The van der Waals surface area contributed by atoms with Crippen molar-refractivity contribution in [3.63, 3.8) is 0 Å². The molecule has 3 rings (SSSR count). The lowest BCUT2D eigenvalue weighted by atomic mass is 9.93. The van der Waals surface area contributed by atoms with Gasteiger partial charge in [-0.05, 0) is 25.2 Å². The van der Waals surface area contributed by atoms with Crippen LogP contribution in [0.4, 0.5) is 0 Å². The van der Waals surface area contributed by atoms with Gasteiger partial charge >= 0.3 is 0 Å². The van der Waals surface area contributed by atoms with Gasteiger partial charge in [-0.1, -0.05) is 32.9 Å². The van der Waals surface area contributed by atoms with Gasteiger partial charge in [0.25, 0.3) is 5.91 Å². The Morgan fingerprint density at radius 1 is 1.11 bits per heavy atom. The molecule has 37 heavy (non-hydrogen) atoms. The summed E-state index contributed by atoms with van der Waals surface area (Å²) in [6.07, 6.45) is 0.466. The van der Waals surface area contributed by atoms with Crippen LogP contribution in [0.1, 0.15) is 57.3 Å². The van der Waals surface area contributed by atoms with Crippen molar-refractivity contribution in [3.8, 4) is 0 Å². The molecule has 2 fully saturated rings. The van der Waals surface area contributed by atoms with Gasteiger partial charge in [-0.25, -0.2) is 0 Å². The minimum atomic E-state index is -0.897. The van der Waals surface area contributed by atoms with E-state index < -0.39 is 35.4 Å². The second-order valence-corrected chi connectivity index (χ2v) is 10.6. The van der Waals surface area contributed by atoms with Crippen molar-refractivity contribution in [2.45, 2.75) is 65.3 Å². The van der Waals surface area contributed by atoms with E-state index in [0.29, 0.717) is 38.5 Å². The molecule has 0 saturated carbocycles. The van der Waals surface area contributed by atoms with Crippen LogP contribution in [-0.2, 0) is 30.4 Å². The number of hydrogen-bond acceptors (Lipinski definition) is 9. The van der Waals surface area contributed by atoms with E-state index >= 15 is 0 Å². The fraction of sp³-hybridized carbons (Fsp3) is 0.720. The zero-order valence-electron chi connectivity index (χ0n) is 22.3. The van der Waals surface area contributed by atoms with Gasteiger partial charge in [0.1, 0.15) is 11.6 Å². The summed E-state index contributed by atoms with van der Waals surface area (Å²) in [4.78, 5) is 53.0. The minimum absolute atomic E-state index is 0.0743. The maximum absolute atomic E-state index is 12.8. The average Bonchev–Trinajstić information content (AvgIpc) is 3.43. The standard InChI is InChI=1S/C25H39N5O7/c1-15(2)10-18(22(32)25(5)14-36-25)27-20(31)12-26-24(34)21(16(3)4)28-23(33)19-11-17(37-29-19)13-30-6-8-35-9-7-30/h11,15-16,18,21H,6-10,12-14H2,1-5H3,(H,26,34)(H,27,31)(H,28,33)/t18-,21?,25?/m0/s1. The molecule has 2 aliphatic rings. The molecule has 12 heteroatoms. The molecule has 0 bridgehead atoms. The summed E-state index contributed by atoms with van der Waals surface area (Å²) in [7, 11) is 0.